The van der Waals surface area contributed by atoms with Gasteiger partial charge in [0.25, 0.3) is 0 Å². The van der Waals surface area contributed by atoms with E-state index < -0.39 is 0 Å². The maximum absolute atomic E-state index is 6.03. The summed E-state index contributed by atoms with van der Waals surface area (Å²) in [5.74, 6) is 1.28. The largest absolute Gasteiger partial charge is 0.492 e. The van der Waals surface area contributed by atoms with Gasteiger partial charge in [-0.25, -0.2) is 0 Å². The van der Waals surface area contributed by atoms with Crippen LogP contribution in [0.5, 0.6) is 5.75 Å². The minimum atomic E-state index is 0.229. The topological polar surface area (TPSA) is 30.5 Å². The molecule has 0 saturated carbocycles. The second kappa shape index (κ2) is 7.49. The van der Waals surface area contributed by atoms with E-state index in [-0.39, 0.29) is 6.04 Å². The van der Waals surface area contributed by atoms with Crippen molar-refractivity contribution in [3.05, 3.63) is 23.2 Å². The Labute approximate surface area is 114 Å². The molecule has 1 aromatic carbocycles. The fourth-order valence-corrected chi connectivity index (χ4v) is 1.85. The SMILES string of the molecule is CCOc1ccc(Cl)cc1NC(COC)C(C)C. The summed E-state index contributed by atoms with van der Waals surface area (Å²) in [5, 5.41) is 4.13. The minimum absolute atomic E-state index is 0.229. The van der Waals surface area contributed by atoms with Crippen LogP contribution in [0.3, 0.4) is 0 Å². The summed E-state index contributed by atoms with van der Waals surface area (Å²) in [4.78, 5) is 0. The zero-order valence-corrected chi connectivity index (χ0v) is 12.3. The average Bonchev–Trinajstić information content (AvgIpc) is 2.32. The molecule has 18 heavy (non-hydrogen) atoms. The first-order chi connectivity index (χ1) is 8.58. The van der Waals surface area contributed by atoms with Gasteiger partial charge in [-0.1, -0.05) is 25.4 Å². The Balaban J connectivity index is 2.88. The van der Waals surface area contributed by atoms with Crippen molar-refractivity contribution < 1.29 is 9.47 Å². The number of anilines is 1. The van der Waals surface area contributed by atoms with E-state index in [9.17, 15) is 0 Å². The summed E-state index contributed by atoms with van der Waals surface area (Å²) < 4.78 is 10.8. The van der Waals surface area contributed by atoms with E-state index in [1.54, 1.807) is 7.11 Å². The molecule has 0 fully saturated rings. The van der Waals surface area contributed by atoms with Crippen LogP contribution in [0.4, 0.5) is 5.69 Å². The van der Waals surface area contributed by atoms with E-state index in [1.165, 1.54) is 0 Å². The van der Waals surface area contributed by atoms with Crippen molar-refractivity contribution >= 4 is 17.3 Å². The summed E-state index contributed by atoms with van der Waals surface area (Å²) in [6, 6.07) is 5.83. The van der Waals surface area contributed by atoms with Gasteiger partial charge in [0.1, 0.15) is 5.75 Å². The lowest BCUT2D eigenvalue weighted by atomic mass is 10.0. The van der Waals surface area contributed by atoms with Crippen molar-refractivity contribution in [2.24, 2.45) is 5.92 Å². The van der Waals surface area contributed by atoms with Gasteiger partial charge in [-0.15, -0.1) is 0 Å². The van der Waals surface area contributed by atoms with Gasteiger partial charge < -0.3 is 14.8 Å². The second-order valence-corrected chi connectivity index (χ2v) is 4.96. The Kier molecular flexibility index (Phi) is 6.30. The Morgan fingerprint density at radius 1 is 1.33 bits per heavy atom. The molecule has 1 unspecified atom stereocenters. The van der Waals surface area contributed by atoms with E-state index >= 15 is 0 Å². The van der Waals surface area contributed by atoms with E-state index in [0.717, 1.165) is 11.4 Å². The molecule has 0 radical (unpaired) electrons. The Morgan fingerprint density at radius 3 is 2.61 bits per heavy atom. The minimum Gasteiger partial charge on any atom is -0.492 e. The molecular weight excluding hydrogens is 250 g/mol. The smallest absolute Gasteiger partial charge is 0.142 e. The lowest BCUT2D eigenvalue weighted by molar-refractivity contribution is 0.171. The highest BCUT2D eigenvalue weighted by atomic mass is 35.5. The molecule has 4 heteroatoms. The van der Waals surface area contributed by atoms with Crippen LogP contribution in [0, 0.1) is 5.92 Å². The van der Waals surface area contributed by atoms with Gasteiger partial charge in [0, 0.05) is 12.1 Å². The van der Waals surface area contributed by atoms with Crippen LogP contribution < -0.4 is 10.1 Å². The van der Waals surface area contributed by atoms with Crippen molar-refractivity contribution in [2.75, 3.05) is 25.6 Å². The molecule has 3 nitrogen and oxygen atoms in total. The first-order valence-corrected chi connectivity index (χ1v) is 6.64. The second-order valence-electron chi connectivity index (χ2n) is 4.52. The first kappa shape index (κ1) is 15.1. The van der Waals surface area contributed by atoms with E-state index in [1.807, 2.05) is 25.1 Å². The third-order valence-electron chi connectivity index (χ3n) is 2.73. The van der Waals surface area contributed by atoms with Gasteiger partial charge in [-0.05, 0) is 31.0 Å². The fourth-order valence-electron chi connectivity index (χ4n) is 1.68. The fraction of sp³-hybridized carbons (Fsp3) is 0.571. The van der Waals surface area contributed by atoms with Crippen LogP contribution in [0.1, 0.15) is 20.8 Å². The highest BCUT2D eigenvalue weighted by Crippen LogP contribution is 2.29. The van der Waals surface area contributed by atoms with Crippen molar-refractivity contribution in [1.29, 1.82) is 0 Å². The lowest BCUT2D eigenvalue weighted by Gasteiger charge is -2.24. The maximum atomic E-state index is 6.03. The zero-order valence-electron chi connectivity index (χ0n) is 11.5. The number of rotatable bonds is 7. The maximum Gasteiger partial charge on any atom is 0.142 e. The molecule has 102 valence electrons. The summed E-state index contributed by atoms with van der Waals surface area (Å²) >= 11 is 6.03. The van der Waals surface area contributed by atoms with Gasteiger partial charge in [-0.3, -0.25) is 0 Å². The Morgan fingerprint density at radius 2 is 2.06 bits per heavy atom. The third-order valence-corrected chi connectivity index (χ3v) is 2.97. The summed E-state index contributed by atoms with van der Waals surface area (Å²) in [7, 11) is 1.71. The van der Waals surface area contributed by atoms with Crippen molar-refractivity contribution in [1.82, 2.24) is 0 Å². The predicted octanol–water partition coefficient (Wildman–Crippen LogP) is 3.82. The molecule has 1 rings (SSSR count). The van der Waals surface area contributed by atoms with Crippen molar-refractivity contribution in [2.45, 2.75) is 26.8 Å². The standard InChI is InChI=1S/C14H22ClNO2/c1-5-18-14-7-6-11(15)8-12(14)16-13(9-17-4)10(2)3/h6-8,10,13,16H,5,9H2,1-4H3. The van der Waals surface area contributed by atoms with Gasteiger partial charge in [0.2, 0.25) is 0 Å². The highest BCUT2D eigenvalue weighted by Gasteiger charge is 2.15. The van der Waals surface area contributed by atoms with Crippen LogP contribution in [-0.4, -0.2) is 26.4 Å². The number of hydrogen-bond acceptors (Lipinski definition) is 3. The number of hydrogen-bond donors (Lipinski definition) is 1. The summed E-state index contributed by atoms with van der Waals surface area (Å²) in [6.45, 7) is 7.55. The molecule has 1 atom stereocenters. The molecule has 0 heterocycles. The van der Waals surface area contributed by atoms with Crippen LogP contribution in [0.25, 0.3) is 0 Å². The number of ether oxygens (including phenoxy) is 2. The molecule has 0 aromatic heterocycles. The molecule has 0 aliphatic carbocycles. The number of benzene rings is 1. The third kappa shape index (κ3) is 4.39. The van der Waals surface area contributed by atoms with Gasteiger partial charge in [0.05, 0.1) is 24.9 Å². The molecule has 1 aromatic rings. The lowest BCUT2D eigenvalue weighted by Crippen LogP contribution is -2.30. The number of halogens is 1. The molecule has 0 spiro atoms. The van der Waals surface area contributed by atoms with E-state index in [2.05, 4.69) is 19.2 Å². The molecular formula is C14H22ClNO2. The molecule has 0 saturated heterocycles. The van der Waals surface area contributed by atoms with Gasteiger partial charge >= 0.3 is 0 Å². The predicted molar refractivity (Wildman–Crippen MR) is 76.7 cm³/mol. The first-order valence-electron chi connectivity index (χ1n) is 6.26. The number of nitrogens with one attached hydrogen (secondary N) is 1. The summed E-state index contributed by atoms with van der Waals surface area (Å²) in [6.07, 6.45) is 0. The molecule has 0 aliphatic heterocycles. The Bertz CT molecular complexity index is 369. The molecule has 0 aliphatic rings. The Hall–Kier alpha value is -0.930. The van der Waals surface area contributed by atoms with Crippen LogP contribution in [0.15, 0.2) is 18.2 Å². The normalized spacial score (nSPS) is 12.6. The van der Waals surface area contributed by atoms with Gasteiger partial charge in [-0.2, -0.15) is 0 Å². The molecule has 0 bridgehead atoms. The zero-order chi connectivity index (χ0) is 13.5. The van der Waals surface area contributed by atoms with Gasteiger partial charge in [0.15, 0.2) is 0 Å². The van der Waals surface area contributed by atoms with Crippen molar-refractivity contribution in [3.8, 4) is 5.75 Å². The molecule has 0 amide bonds. The highest BCUT2D eigenvalue weighted by molar-refractivity contribution is 6.30. The van der Waals surface area contributed by atoms with Crippen LogP contribution >= 0.6 is 11.6 Å². The summed E-state index contributed by atoms with van der Waals surface area (Å²) in [5.41, 5.74) is 0.917. The van der Waals surface area contributed by atoms with Crippen LogP contribution in [0.2, 0.25) is 5.02 Å². The van der Waals surface area contributed by atoms with Crippen molar-refractivity contribution in [3.63, 3.8) is 0 Å². The van der Waals surface area contributed by atoms with E-state index in [4.69, 9.17) is 21.1 Å². The molecule has 1 N–H and O–H groups in total. The average molecular weight is 272 g/mol. The van der Waals surface area contributed by atoms with E-state index in [0.29, 0.717) is 24.2 Å². The monoisotopic (exact) mass is 271 g/mol. The number of methoxy groups -OCH3 is 1. The van der Waals surface area contributed by atoms with Crippen LogP contribution in [-0.2, 0) is 4.74 Å². The quantitative estimate of drug-likeness (QED) is 0.818.